The van der Waals surface area contributed by atoms with Gasteiger partial charge in [-0.05, 0) is 52.5 Å². The third kappa shape index (κ3) is 8.26. The molecule has 4 N–H and O–H groups in total. The molecule has 0 heterocycles. The molecule has 8 heteroatoms. The van der Waals surface area contributed by atoms with Crippen molar-refractivity contribution in [1.29, 1.82) is 0 Å². The van der Waals surface area contributed by atoms with Crippen LogP contribution >= 0.6 is 0 Å². The first-order valence-electron chi connectivity index (χ1n) is 15.6. The van der Waals surface area contributed by atoms with Crippen LogP contribution in [0.15, 0.2) is 78.9 Å². The molecule has 3 aromatic carbocycles. The largest absolute Gasteiger partial charge is 0.449 e. The fraction of sp³-hybridized carbons (Fsp3) is 0.417. The van der Waals surface area contributed by atoms with Crippen molar-refractivity contribution in [3.8, 4) is 11.1 Å². The maximum absolute atomic E-state index is 13.6. The van der Waals surface area contributed by atoms with Gasteiger partial charge in [-0.3, -0.25) is 9.59 Å². The minimum absolute atomic E-state index is 0.0974. The molecule has 1 aliphatic rings. The predicted molar refractivity (Wildman–Crippen MR) is 172 cm³/mol. The Morgan fingerprint density at radius 3 is 1.95 bits per heavy atom. The fourth-order valence-corrected chi connectivity index (χ4v) is 5.79. The molecule has 4 atom stereocenters. The van der Waals surface area contributed by atoms with Crippen LogP contribution in [0.3, 0.4) is 0 Å². The lowest BCUT2D eigenvalue weighted by molar-refractivity contribution is -0.132. The molecular weight excluding hydrogens is 554 g/mol. The van der Waals surface area contributed by atoms with Crippen LogP contribution in [0.4, 0.5) is 4.79 Å². The Morgan fingerprint density at radius 2 is 1.39 bits per heavy atom. The lowest BCUT2D eigenvalue weighted by Gasteiger charge is -2.28. The van der Waals surface area contributed by atoms with E-state index in [9.17, 15) is 19.5 Å². The summed E-state index contributed by atoms with van der Waals surface area (Å²) in [4.78, 5) is 40.0. The summed E-state index contributed by atoms with van der Waals surface area (Å²) in [5.74, 6) is -0.993. The van der Waals surface area contributed by atoms with E-state index in [1.165, 1.54) is 0 Å². The summed E-state index contributed by atoms with van der Waals surface area (Å²) in [6.45, 7) is 7.68. The highest BCUT2D eigenvalue weighted by Gasteiger charge is 2.33. The number of ether oxygens (including phenoxy) is 1. The monoisotopic (exact) mass is 599 g/mol. The van der Waals surface area contributed by atoms with Gasteiger partial charge < -0.3 is 25.8 Å². The number of rotatable bonds is 14. The van der Waals surface area contributed by atoms with Crippen molar-refractivity contribution in [1.82, 2.24) is 16.0 Å². The molecule has 44 heavy (non-hydrogen) atoms. The summed E-state index contributed by atoms with van der Waals surface area (Å²) < 4.78 is 5.71. The van der Waals surface area contributed by atoms with E-state index in [0.717, 1.165) is 27.8 Å². The zero-order valence-corrected chi connectivity index (χ0v) is 26.1. The first kappa shape index (κ1) is 32.7. The Hall–Kier alpha value is -4.17. The number of alkyl carbamates (subject to hydrolysis) is 1. The number of amides is 3. The van der Waals surface area contributed by atoms with E-state index < -0.39 is 30.1 Å². The Kier molecular flexibility index (Phi) is 11.6. The van der Waals surface area contributed by atoms with Crippen LogP contribution in [0.2, 0.25) is 0 Å². The molecular formula is C36H45N3O5. The number of hydrogen-bond donors (Lipinski definition) is 4. The van der Waals surface area contributed by atoms with Crippen LogP contribution in [0.1, 0.15) is 63.1 Å². The van der Waals surface area contributed by atoms with Gasteiger partial charge in [-0.25, -0.2) is 4.79 Å². The van der Waals surface area contributed by atoms with Gasteiger partial charge in [-0.15, -0.1) is 0 Å². The van der Waals surface area contributed by atoms with Crippen molar-refractivity contribution in [2.75, 3.05) is 13.2 Å². The molecule has 8 nitrogen and oxygen atoms in total. The van der Waals surface area contributed by atoms with Crippen LogP contribution in [0.5, 0.6) is 0 Å². The molecule has 3 amide bonds. The lowest BCUT2D eigenvalue weighted by atomic mass is 9.96. The normalized spacial score (nSPS) is 15.0. The topological polar surface area (TPSA) is 117 Å². The fourth-order valence-electron chi connectivity index (χ4n) is 5.79. The van der Waals surface area contributed by atoms with E-state index in [1.807, 2.05) is 82.3 Å². The second-order valence-electron chi connectivity index (χ2n) is 12.1. The van der Waals surface area contributed by atoms with Crippen LogP contribution in [-0.2, 0) is 20.7 Å². The van der Waals surface area contributed by atoms with Crippen LogP contribution < -0.4 is 16.0 Å². The van der Waals surface area contributed by atoms with Gasteiger partial charge in [-0.2, -0.15) is 0 Å². The van der Waals surface area contributed by atoms with Crippen molar-refractivity contribution in [2.45, 2.75) is 71.0 Å². The number of aliphatic hydroxyl groups excluding tert-OH is 1. The molecule has 4 rings (SSSR count). The number of carbonyl (C=O) groups is 3. The molecule has 0 fully saturated rings. The van der Waals surface area contributed by atoms with Gasteiger partial charge in [0.1, 0.15) is 18.7 Å². The molecule has 234 valence electrons. The standard InChI is InChI=1S/C36H45N3O5/c1-5-24(4)33(35(42)37-26(21-40)20-25-13-7-6-8-14-25)39-34(41)32(19-23(2)3)38-36(43)44-22-31-29-17-11-9-15-27(29)28-16-10-12-18-30(28)31/h6-18,23-24,26,31-33,40H,5,19-22H2,1-4H3,(H,37,42)(H,38,43)(H,39,41)/t24?,26-,32-,33-/m1/s1. The molecule has 1 aliphatic carbocycles. The molecule has 0 saturated heterocycles. The molecule has 0 aliphatic heterocycles. The summed E-state index contributed by atoms with van der Waals surface area (Å²) >= 11 is 0. The number of fused-ring (bicyclic) bond motifs is 3. The van der Waals surface area contributed by atoms with Gasteiger partial charge in [0.2, 0.25) is 11.8 Å². The molecule has 0 radical (unpaired) electrons. The number of nitrogens with one attached hydrogen (secondary N) is 3. The number of hydrogen-bond acceptors (Lipinski definition) is 5. The van der Waals surface area contributed by atoms with Gasteiger partial charge >= 0.3 is 6.09 Å². The van der Waals surface area contributed by atoms with E-state index in [-0.39, 0.29) is 36.9 Å². The quantitative estimate of drug-likeness (QED) is 0.204. The SMILES string of the molecule is CCC(C)[C@@H](NC(=O)[C@@H](CC(C)C)NC(=O)OCC1c2ccccc2-c2ccccc21)C(=O)N[C@@H](CO)Cc1ccccc1. The third-order valence-electron chi connectivity index (χ3n) is 8.34. The Morgan fingerprint density at radius 1 is 0.795 bits per heavy atom. The van der Waals surface area contributed by atoms with Gasteiger partial charge in [0.25, 0.3) is 0 Å². The van der Waals surface area contributed by atoms with E-state index >= 15 is 0 Å². The van der Waals surface area contributed by atoms with E-state index in [2.05, 4.69) is 40.2 Å². The summed E-state index contributed by atoms with van der Waals surface area (Å²) in [5, 5.41) is 18.5. The van der Waals surface area contributed by atoms with E-state index in [0.29, 0.717) is 19.3 Å². The van der Waals surface area contributed by atoms with Crippen molar-refractivity contribution in [3.63, 3.8) is 0 Å². The van der Waals surface area contributed by atoms with Crippen molar-refractivity contribution >= 4 is 17.9 Å². The molecule has 0 bridgehead atoms. The van der Waals surface area contributed by atoms with Gasteiger partial charge in [0.15, 0.2) is 0 Å². The summed E-state index contributed by atoms with van der Waals surface area (Å²) in [7, 11) is 0. The average Bonchev–Trinajstić information content (AvgIpc) is 3.35. The smallest absolute Gasteiger partial charge is 0.407 e. The number of aliphatic hydroxyl groups is 1. The number of carbonyl (C=O) groups excluding carboxylic acids is 3. The second-order valence-corrected chi connectivity index (χ2v) is 12.1. The molecule has 1 unspecified atom stereocenters. The van der Waals surface area contributed by atoms with E-state index in [4.69, 9.17) is 4.74 Å². The van der Waals surface area contributed by atoms with E-state index in [1.54, 1.807) is 0 Å². The minimum Gasteiger partial charge on any atom is -0.449 e. The van der Waals surface area contributed by atoms with Crippen LogP contribution in [0.25, 0.3) is 11.1 Å². The van der Waals surface area contributed by atoms with Crippen LogP contribution in [0, 0.1) is 11.8 Å². The lowest BCUT2D eigenvalue weighted by Crippen LogP contribution is -2.57. The second kappa shape index (κ2) is 15.5. The molecule has 3 aromatic rings. The third-order valence-corrected chi connectivity index (χ3v) is 8.34. The van der Waals surface area contributed by atoms with Crippen molar-refractivity contribution in [2.24, 2.45) is 11.8 Å². The highest BCUT2D eigenvalue weighted by Crippen LogP contribution is 2.44. The van der Waals surface area contributed by atoms with Crippen LogP contribution in [-0.4, -0.2) is 54.4 Å². The highest BCUT2D eigenvalue weighted by molar-refractivity contribution is 5.91. The molecule has 0 saturated carbocycles. The summed E-state index contributed by atoms with van der Waals surface area (Å²) in [5.41, 5.74) is 5.47. The van der Waals surface area contributed by atoms with Gasteiger partial charge in [-0.1, -0.05) is 113 Å². The van der Waals surface area contributed by atoms with Crippen molar-refractivity contribution in [3.05, 3.63) is 95.6 Å². The highest BCUT2D eigenvalue weighted by atomic mass is 16.5. The zero-order chi connectivity index (χ0) is 31.6. The van der Waals surface area contributed by atoms with Gasteiger partial charge in [0, 0.05) is 5.92 Å². The first-order valence-corrected chi connectivity index (χ1v) is 15.6. The zero-order valence-electron chi connectivity index (χ0n) is 26.1. The number of benzene rings is 3. The molecule has 0 aromatic heterocycles. The van der Waals surface area contributed by atoms with Crippen molar-refractivity contribution < 1.29 is 24.2 Å². The molecule has 0 spiro atoms. The summed E-state index contributed by atoms with van der Waals surface area (Å²) in [6, 6.07) is 23.6. The predicted octanol–water partition coefficient (Wildman–Crippen LogP) is 5.19. The van der Waals surface area contributed by atoms with Gasteiger partial charge in [0.05, 0.1) is 12.6 Å². The maximum Gasteiger partial charge on any atom is 0.407 e. The Balaban J connectivity index is 1.40. The summed E-state index contributed by atoms with van der Waals surface area (Å²) in [6.07, 6.45) is 0.803. The minimum atomic E-state index is -0.886. The Bertz CT molecular complexity index is 1360. The first-order chi connectivity index (χ1) is 21.2. The Labute approximate surface area is 260 Å². The maximum atomic E-state index is 13.6. The average molecular weight is 600 g/mol.